The standard InChI is InChI=1S/C30H33N5O/c1-21-15-17-23(18-16-21)28-27-14-9-19-33(27)29-26(22(2)32-35(29)25-12-7-4-8-13-25)20-34(28)30(36)31-24-10-5-3-6-11-24/h4,7-9,12-19,24,28H,3,5-6,10-11,20H2,1-2H3,(H,31,36)/t28-/m1/s1. The number of aromatic nitrogens is 3. The second-order valence-corrected chi connectivity index (χ2v) is 10.2. The van der Waals surface area contributed by atoms with Crippen LogP contribution in [-0.2, 0) is 6.54 Å². The quantitative estimate of drug-likeness (QED) is 0.379. The number of carbonyl (C=O) groups is 1. The minimum atomic E-state index is -0.208. The third-order valence-corrected chi connectivity index (χ3v) is 7.67. The Morgan fingerprint density at radius 1 is 0.917 bits per heavy atom. The summed E-state index contributed by atoms with van der Waals surface area (Å²) in [7, 11) is 0. The van der Waals surface area contributed by atoms with Crippen LogP contribution in [0.15, 0.2) is 72.9 Å². The number of aryl methyl sites for hydroxylation is 2. The highest BCUT2D eigenvalue weighted by Gasteiger charge is 2.36. The highest BCUT2D eigenvalue weighted by molar-refractivity contribution is 5.76. The number of nitrogens with one attached hydrogen (secondary N) is 1. The molecule has 0 radical (unpaired) electrons. The van der Waals surface area contributed by atoms with Crippen LogP contribution in [0.3, 0.4) is 0 Å². The highest BCUT2D eigenvalue weighted by atomic mass is 16.2. The molecule has 0 saturated heterocycles. The number of nitrogens with zero attached hydrogens (tertiary/aromatic N) is 4. The lowest BCUT2D eigenvalue weighted by molar-refractivity contribution is 0.173. The third kappa shape index (κ3) is 4.00. The van der Waals surface area contributed by atoms with Crippen LogP contribution < -0.4 is 5.32 Å². The van der Waals surface area contributed by atoms with Gasteiger partial charge in [0.2, 0.25) is 0 Å². The number of amides is 2. The van der Waals surface area contributed by atoms with Crippen LogP contribution in [-0.4, -0.2) is 31.3 Å². The zero-order valence-corrected chi connectivity index (χ0v) is 21.0. The minimum Gasteiger partial charge on any atom is -0.335 e. The van der Waals surface area contributed by atoms with E-state index < -0.39 is 0 Å². The Hall–Kier alpha value is -3.80. The Balaban J connectivity index is 1.50. The van der Waals surface area contributed by atoms with E-state index in [0.29, 0.717) is 6.54 Å². The number of hydrogen-bond donors (Lipinski definition) is 1. The first-order chi connectivity index (χ1) is 17.6. The summed E-state index contributed by atoms with van der Waals surface area (Å²) in [5.74, 6) is 1.00. The Labute approximate surface area is 212 Å². The number of hydrogen-bond acceptors (Lipinski definition) is 2. The van der Waals surface area contributed by atoms with Gasteiger partial charge < -0.3 is 14.8 Å². The van der Waals surface area contributed by atoms with Crippen LogP contribution in [0.25, 0.3) is 11.5 Å². The van der Waals surface area contributed by atoms with Crippen molar-refractivity contribution in [3.63, 3.8) is 0 Å². The largest absolute Gasteiger partial charge is 0.335 e. The molecule has 2 aromatic heterocycles. The lowest BCUT2D eigenvalue weighted by Crippen LogP contribution is -2.46. The van der Waals surface area contributed by atoms with Gasteiger partial charge in [0, 0.05) is 17.8 Å². The van der Waals surface area contributed by atoms with Crippen molar-refractivity contribution in [1.29, 1.82) is 0 Å². The Kier molecular flexibility index (Phi) is 5.88. The van der Waals surface area contributed by atoms with Crippen LogP contribution >= 0.6 is 0 Å². The predicted molar refractivity (Wildman–Crippen MR) is 142 cm³/mol. The molecule has 6 heteroatoms. The van der Waals surface area contributed by atoms with E-state index in [1.807, 2.05) is 34.7 Å². The van der Waals surface area contributed by atoms with Gasteiger partial charge in [-0.25, -0.2) is 9.48 Å². The molecule has 6 nitrogen and oxygen atoms in total. The fourth-order valence-corrected chi connectivity index (χ4v) is 5.75. The van der Waals surface area contributed by atoms with Crippen molar-refractivity contribution in [3.8, 4) is 11.5 Å². The van der Waals surface area contributed by atoms with Crippen molar-refractivity contribution < 1.29 is 4.79 Å². The maximum atomic E-state index is 14.0. The van der Waals surface area contributed by atoms with Crippen molar-refractivity contribution in [1.82, 2.24) is 24.6 Å². The lowest BCUT2D eigenvalue weighted by Gasteiger charge is -2.33. The lowest BCUT2D eigenvalue weighted by atomic mass is 9.95. The molecule has 0 unspecified atom stereocenters. The van der Waals surface area contributed by atoms with Crippen LogP contribution in [0.5, 0.6) is 0 Å². The van der Waals surface area contributed by atoms with Gasteiger partial charge in [-0.2, -0.15) is 5.10 Å². The average Bonchev–Trinajstić information content (AvgIpc) is 3.46. The van der Waals surface area contributed by atoms with E-state index in [1.54, 1.807) is 0 Å². The molecule has 36 heavy (non-hydrogen) atoms. The van der Waals surface area contributed by atoms with Crippen molar-refractivity contribution in [2.75, 3.05) is 0 Å². The van der Waals surface area contributed by atoms with Gasteiger partial charge in [0.15, 0.2) is 0 Å². The maximum absolute atomic E-state index is 14.0. The molecular weight excluding hydrogens is 446 g/mol. The number of carbonyl (C=O) groups excluding carboxylic acids is 1. The second kappa shape index (κ2) is 9.34. The molecule has 184 valence electrons. The van der Waals surface area contributed by atoms with E-state index in [0.717, 1.165) is 46.9 Å². The van der Waals surface area contributed by atoms with Gasteiger partial charge in [-0.3, -0.25) is 0 Å². The molecule has 1 aliphatic heterocycles. The zero-order valence-electron chi connectivity index (χ0n) is 21.0. The van der Waals surface area contributed by atoms with E-state index in [4.69, 9.17) is 5.10 Å². The Bertz CT molecular complexity index is 1360. The first kappa shape index (κ1) is 22.7. The van der Waals surface area contributed by atoms with Crippen LogP contribution in [0.1, 0.15) is 66.2 Å². The molecule has 2 aromatic carbocycles. The molecule has 0 spiro atoms. The minimum absolute atomic E-state index is 0.0000592. The van der Waals surface area contributed by atoms with E-state index in [2.05, 4.69) is 71.5 Å². The first-order valence-corrected chi connectivity index (χ1v) is 13.1. The van der Waals surface area contributed by atoms with Gasteiger partial charge in [0.1, 0.15) is 5.82 Å². The smallest absolute Gasteiger partial charge is 0.318 e. The van der Waals surface area contributed by atoms with Crippen molar-refractivity contribution in [2.45, 2.75) is 64.6 Å². The average molecular weight is 480 g/mol. The predicted octanol–water partition coefficient (Wildman–Crippen LogP) is 6.23. The fourth-order valence-electron chi connectivity index (χ4n) is 5.75. The van der Waals surface area contributed by atoms with E-state index in [1.165, 1.54) is 24.8 Å². The van der Waals surface area contributed by atoms with Gasteiger partial charge in [-0.05, 0) is 56.5 Å². The molecule has 6 rings (SSSR count). The molecule has 1 saturated carbocycles. The van der Waals surface area contributed by atoms with E-state index >= 15 is 0 Å². The number of benzene rings is 2. The summed E-state index contributed by atoms with van der Waals surface area (Å²) < 4.78 is 4.24. The number of fused-ring (bicyclic) bond motifs is 3. The number of rotatable bonds is 3. The summed E-state index contributed by atoms with van der Waals surface area (Å²) in [5, 5.41) is 8.33. The van der Waals surface area contributed by atoms with Gasteiger partial charge in [-0.15, -0.1) is 0 Å². The molecule has 4 aromatic rings. The van der Waals surface area contributed by atoms with E-state index in [9.17, 15) is 4.79 Å². The second-order valence-electron chi connectivity index (χ2n) is 10.2. The van der Waals surface area contributed by atoms with Crippen molar-refractivity contribution >= 4 is 6.03 Å². The normalized spacial score (nSPS) is 17.8. The molecule has 2 amide bonds. The summed E-state index contributed by atoms with van der Waals surface area (Å²) in [6.45, 7) is 4.64. The topological polar surface area (TPSA) is 55.1 Å². The molecule has 2 aliphatic rings. The molecular formula is C30H33N5O. The number of para-hydroxylation sites is 1. The molecule has 0 bridgehead atoms. The highest BCUT2D eigenvalue weighted by Crippen LogP contribution is 2.38. The van der Waals surface area contributed by atoms with Gasteiger partial charge in [0.25, 0.3) is 0 Å². The maximum Gasteiger partial charge on any atom is 0.318 e. The van der Waals surface area contributed by atoms with Gasteiger partial charge >= 0.3 is 6.03 Å². The monoisotopic (exact) mass is 479 g/mol. The molecule has 1 fully saturated rings. The van der Waals surface area contributed by atoms with Crippen LogP contribution in [0, 0.1) is 13.8 Å². The van der Waals surface area contributed by atoms with Gasteiger partial charge in [0.05, 0.1) is 29.7 Å². The molecule has 1 atom stereocenters. The first-order valence-electron chi connectivity index (χ1n) is 13.1. The molecule has 1 aliphatic carbocycles. The third-order valence-electron chi connectivity index (χ3n) is 7.67. The Morgan fingerprint density at radius 3 is 2.42 bits per heavy atom. The zero-order chi connectivity index (χ0) is 24.6. The summed E-state index contributed by atoms with van der Waals surface area (Å²) >= 11 is 0. The number of urea groups is 1. The van der Waals surface area contributed by atoms with Crippen molar-refractivity contribution in [3.05, 3.63) is 101 Å². The summed E-state index contributed by atoms with van der Waals surface area (Å²) in [6, 6.07) is 23.1. The van der Waals surface area contributed by atoms with Gasteiger partial charge in [-0.1, -0.05) is 67.3 Å². The molecule has 1 N–H and O–H groups in total. The SMILES string of the molecule is Cc1ccc([C@@H]2c3cccn3-c3c(c(C)nn3-c3ccccc3)CN2C(=O)NC2CCCCC2)cc1. The Morgan fingerprint density at radius 2 is 1.67 bits per heavy atom. The van der Waals surface area contributed by atoms with Crippen LogP contribution in [0.2, 0.25) is 0 Å². The summed E-state index contributed by atoms with van der Waals surface area (Å²) in [4.78, 5) is 16.0. The summed E-state index contributed by atoms with van der Waals surface area (Å²) in [6.07, 6.45) is 7.84. The van der Waals surface area contributed by atoms with E-state index in [-0.39, 0.29) is 18.1 Å². The fraction of sp³-hybridized carbons (Fsp3) is 0.333. The van der Waals surface area contributed by atoms with Crippen LogP contribution in [0.4, 0.5) is 4.79 Å². The van der Waals surface area contributed by atoms with Crippen molar-refractivity contribution in [2.24, 2.45) is 0 Å². The summed E-state index contributed by atoms with van der Waals surface area (Å²) in [5.41, 5.74) is 6.40. The molecule has 3 heterocycles.